The largest absolute Gasteiger partial charge is 0.357 e. The van der Waals surface area contributed by atoms with E-state index in [1.807, 2.05) is 0 Å². The van der Waals surface area contributed by atoms with Crippen LogP contribution in [0.15, 0.2) is 10.1 Å². The molecule has 2 fully saturated rings. The number of hydrogen-bond acceptors (Lipinski definition) is 4. The molecule has 2 saturated heterocycles. The third-order valence-electron chi connectivity index (χ3n) is 4.54. The maximum atomic E-state index is 2.70. The van der Waals surface area contributed by atoms with Crippen LogP contribution in [0.1, 0.15) is 59.3 Å². The van der Waals surface area contributed by atoms with Crippen molar-refractivity contribution in [2.75, 3.05) is 26.2 Å². The van der Waals surface area contributed by atoms with Gasteiger partial charge in [-0.05, 0) is 51.3 Å². The molecule has 22 heavy (non-hydrogen) atoms. The average Bonchev–Trinajstić information content (AvgIpc) is 2.99. The van der Waals surface area contributed by atoms with Crippen LogP contribution in [0.3, 0.4) is 0 Å². The predicted molar refractivity (Wildman–Crippen MR) is 104 cm³/mol. The van der Waals surface area contributed by atoms with Crippen LogP contribution in [0.4, 0.5) is 0 Å². The molecule has 0 aromatic heterocycles. The first-order chi connectivity index (χ1) is 10.6. The van der Waals surface area contributed by atoms with Gasteiger partial charge < -0.3 is 9.80 Å². The Morgan fingerprint density at radius 3 is 1.77 bits per heavy atom. The summed E-state index contributed by atoms with van der Waals surface area (Å²) in [6.07, 6.45) is 8.30. The molecule has 3 aliphatic heterocycles. The molecule has 3 aliphatic rings. The van der Waals surface area contributed by atoms with Crippen LogP contribution in [0.25, 0.3) is 0 Å². The van der Waals surface area contributed by atoms with Gasteiger partial charge in [0.05, 0.1) is 4.24 Å². The molecule has 0 radical (unpaired) electrons. The zero-order valence-corrected chi connectivity index (χ0v) is 16.8. The van der Waals surface area contributed by atoms with Crippen LogP contribution in [-0.4, -0.2) is 40.6 Å². The lowest BCUT2D eigenvalue weighted by molar-refractivity contribution is 0.167. The maximum Gasteiger partial charge on any atom is 0.126 e. The van der Waals surface area contributed by atoms with Crippen molar-refractivity contribution in [1.82, 2.24) is 9.80 Å². The smallest absolute Gasteiger partial charge is 0.126 e. The van der Waals surface area contributed by atoms with Gasteiger partial charge in [0.25, 0.3) is 0 Å². The van der Waals surface area contributed by atoms with Gasteiger partial charge in [-0.2, -0.15) is 0 Å². The van der Waals surface area contributed by atoms with E-state index in [9.17, 15) is 0 Å². The molecule has 2 nitrogen and oxygen atoms in total. The van der Waals surface area contributed by atoms with Crippen molar-refractivity contribution >= 4 is 35.2 Å². The van der Waals surface area contributed by atoms with Crippen LogP contribution >= 0.6 is 30.5 Å². The molecule has 0 saturated carbocycles. The molecule has 0 N–H and O–H groups in total. The summed E-state index contributed by atoms with van der Waals surface area (Å²) in [6, 6.07) is 0. The van der Waals surface area contributed by atoms with Gasteiger partial charge in [0.2, 0.25) is 0 Å². The van der Waals surface area contributed by atoms with E-state index in [-0.39, 0.29) is 0 Å². The zero-order chi connectivity index (χ0) is 15.6. The van der Waals surface area contributed by atoms with Crippen LogP contribution in [0.5, 0.6) is 0 Å². The second-order valence-electron chi connectivity index (χ2n) is 7.55. The SMILES string of the molecule is CC(C)(C)C1=PSC(=C(N2CCCCC2)N2CCCCC2)S1. The lowest BCUT2D eigenvalue weighted by Crippen LogP contribution is -2.41. The Morgan fingerprint density at radius 1 is 0.864 bits per heavy atom. The first kappa shape index (κ1) is 17.0. The Morgan fingerprint density at radius 2 is 1.36 bits per heavy atom. The quantitative estimate of drug-likeness (QED) is 0.594. The molecule has 5 heteroatoms. The second kappa shape index (κ2) is 7.40. The van der Waals surface area contributed by atoms with E-state index in [4.69, 9.17) is 0 Å². The molecule has 0 aliphatic carbocycles. The number of rotatable bonds is 2. The average molecular weight is 357 g/mol. The molecule has 0 amide bonds. The van der Waals surface area contributed by atoms with Crippen molar-refractivity contribution in [1.29, 1.82) is 0 Å². The lowest BCUT2D eigenvalue weighted by atomic mass is 10.0. The molecular formula is C17H29N2PS2. The molecule has 3 heterocycles. The Hall–Kier alpha value is 0.210. The highest BCUT2D eigenvalue weighted by molar-refractivity contribution is 8.64. The van der Waals surface area contributed by atoms with Crippen LogP contribution < -0.4 is 0 Å². The summed E-state index contributed by atoms with van der Waals surface area (Å²) in [5, 5.41) is 0. The van der Waals surface area contributed by atoms with Gasteiger partial charge >= 0.3 is 0 Å². The molecule has 0 spiro atoms. The van der Waals surface area contributed by atoms with Gasteiger partial charge in [-0.15, -0.1) is 0 Å². The summed E-state index contributed by atoms with van der Waals surface area (Å²) in [4.78, 5) is 5.40. The summed E-state index contributed by atoms with van der Waals surface area (Å²) in [5.74, 6) is 1.58. The van der Waals surface area contributed by atoms with Gasteiger partial charge in [0, 0.05) is 30.8 Å². The summed E-state index contributed by atoms with van der Waals surface area (Å²) >= 11 is 4.14. The minimum Gasteiger partial charge on any atom is -0.357 e. The molecule has 124 valence electrons. The molecule has 0 aromatic carbocycles. The van der Waals surface area contributed by atoms with Gasteiger partial charge in [0.15, 0.2) is 0 Å². The third kappa shape index (κ3) is 3.99. The normalized spacial score (nSPS) is 24.5. The summed E-state index contributed by atoms with van der Waals surface area (Å²) in [5.41, 5.74) is 0.315. The third-order valence-corrected chi connectivity index (χ3v) is 10.1. The second-order valence-corrected chi connectivity index (χ2v) is 11.4. The fourth-order valence-electron chi connectivity index (χ4n) is 3.25. The molecular weight excluding hydrogens is 327 g/mol. The number of hydrogen-bond donors (Lipinski definition) is 0. The molecule has 3 rings (SSSR count). The fraction of sp³-hybridized carbons (Fsp3) is 0.824. The van der Waals surface area contributed by atoms with E-state index >= 15 is 0 Å². The minimum absolute atomic E-state index is 0.315. The monoisotopic (exact) mass is 356 g/mol. The van der Waals surface area contributed by atoms with Crippen molar-refractivity contribution in [2.45, 2.75) is 59.3 Å². The maximum absolute atomic E-state index is 2.70. The Kier molecular flexibility index (Phi) is 5.74. The highest BCUT2D eigenvalue weighted by Crippen LogP contribution is 2.54. The zero-order valence-electron chi connectivity index (χ0n) is 14.2. The molecule has 0 unspecified atom stereocenters. The number of likely N-dealkylation sites (tertiary alicyclic amines) is 2. The molecule has 0 bridgehead atoms. The first-order valence-corrected chi connectivity index (χ1v) is 11.9. The van der Waals surface area contributed by atoms with E-state index in [0.717, 1.165) is 0 Å². The van der Waals surface area contributed by atoms with Gasteiger partial charge in [-0.1, -0.05) is 43.9 Å². The summed E-state index contributed by atoms with van der Waals surface area (Å²) < 4.78 is 3.20. The number of nitrogens with zero attached hydrogens (tertiary/aromatic N) is 2. The van der Waals surface area contributed by atoms with Gasteiger partial charge in [-0.3, -0.25) is 0 Å². The van der Waals surface area contributed by atoms with E-state index < -0.39 is 0 Å². The van der Waals surface area contributed by atoms with Crippen LogP contribution in [-0.2, 0) is 0 Å². The van der Waals surface area contributed by atoms with Crippen molar-refractivity contribution < 1.29 is 0 Å². The highest BCUT2D eigenvalue weighted by Gasteiger charge is 2.31. The predicted octanol–water partition coefficient (Wildman–Crippen LogP) is 5.60. The van der Waals surface area contributed by atoms with Crippen molar-refractivity contribution in [3.63, 3.8) is 0 Å². The first-order valence-electron chi connectivity index (χ1n) is 8.73. The standard InChI is InChI=1S/C17H29N2PS2/c1-17(2,3)16-20-22-15(21-16)14(18-10-6-4-7-11-18)19-12-8-5-9-13-19/h4-13H2,1-3H3. The van der Waals surface area contributed by atoms with Gasteiger partial charge in [0.1, 0.15) is 5.82 Å². The van der Waals surface area contributed by atoms with E-state index in [2.05, 4.69) is 53.7 Å². The molecule has 0 aromatic rings. The topological polar surface area (TPSA) is 6.48 Å². The van der Waals surface area contributed by atoms with Crippen LogP contribution in [0.2, 0.25) is 0 Å². The minimum atomic E-state index is 0.315. The van der Waals surface area contributed by atoms with E-state index in [1.165, 1.54) is 72.1 Å². The summed E-state index contributed by atoms with van der Waals surface area (Å²) in [6.45, 7) is 12.1. The number of thioether (sulfide) groups is 1. The Bertz CT molecular complexity index is 436. The van der Waals surface area contributed by atoms with Crippen molar-refractivity contribution in [3.8, 4) is 0 Å². The summed E-state index contributed by atoms with van der Waals surface area (Å²) in [7, 11) is 1.47. The van der Waals surface area contributed by atoms with Crippen LogP contribution in [0, 0.1) is 5.41 Å². The van der Waals surface area contributed by atoms with Crippen molar-refractivity contribution in [3.05, 3.63) is 10.1 Å². The Balaban J connectivity index is 1.83. The van der Waals surface area contributed by atoms with E-state index in [0.29, 0.717) is 5.41 Å². The molecule has 0 atom stereocenters. The Labute approximate surface area is 146 Å². The number of piperidine rings is 2. The van der Waals surface area contributed by atoms with E-state index in [1.54, 1.807) is 14.7 Å². The lowest BCUT2D eigenvalue weighted by Gasteiger charge is -2.40. The van der Waals surface area contributed by atoms with Crippen molar-refractivity contribution in [2.24, 2.45) is 5.41 Å². The fourth-order valence-corrected chi connectivity index (χ4v) is 8.78. The highest BCUT2D eigenvalue weighted by atomic mass is 32.7. The van der Waals surface area contributed by atoms with Gasteiger partial charge in [-0.25, -0.2) is 0 Å².